The minimum absolute atomic E-state index is 0.0802. The maximum atomic E-state index is 11.1. The van der Waals surface area contributed by atoms with E-state index in [0.29, 0.717) is 0 Å². The molecule has 0 aliphatic rings. The van der Waals surface area contributed by atoms with Crippen LogP contribution in [0.25, 0.3) is 0 Å². The molecule has 0 fully saturated rings. The minimum atomic E-state index is -0.285. The molecule has 0 aromatic carbocycles. The molecule has 1 aromatic heterocycles. The number of hydrogen-bond acceptors (Lipinski definition) is 3. The number of ether oxygens (including phenoxy) is 1. The van der Waals surface area contributed by atoms with Crippen molar-refractivity contribution in [2.24, 2.45) is 7.05 Å². The summed E-state index contributed by atoms with van der Waals surface area (Å²) < 4.78 is 6.03. The van der Waals surface area contributed by atoms with Gasteiger partial charge < -0.3 is 4.74 Å². The quantitative estimate of drug-likeness (QED) is 0.581. The monoisotopic (exact) mass is 174 g/mol. The van der Waals surface area contributed by atoms with E-state index in [0.717, 1.165) is 0 Å². The van der Waals surface area contributed by atoms with Gasteiger partial charge in [-0.3, -0.25) is 9.36 Å². The highest BCUT2D eigenvalue weighted by Gasteiger charge is 2.06. The van der Waals surface area contributed by atoms with E-state index in [4.69, 9.17) is 16.3 Å². The molecule has 0 saturated heterocycles. The summed E-state index contributed by atoms with van der Waals surface area (Å²) in [5.74, 6) is 0.0802. The number of aryl methyl sites for hydroxylation is 1. The Morgan fingerprint density at radius 1 is 1.73 bits per heavy atom. The van der Waals surface area contributed by atoms with Crippen molar-refractivity contribution in [3.05, 3.63) is 21.8 Å². The molecular formula is C6H7ClN2O2. The first-order valence-corrected chi connectivity index (χ1v) is 3.29. The van der Waals surface area contributed by atoms with Gasteiger partial charge in [0.25, 0.3) is 5.56 Å². The Labute approximate surface area is 68.4 Å². The molecule has 0 aliphatic carbocycles. The summed E-state index contributed by atoms with van der Waals surface area (Å²) in [6.45, 7) is 0. The summed E-state index contributed by atoms with van der Waals surface area (Å²) in [6.07, 6.45) is 1.34. The number of hydrogen-bond donors (Lipinski definition) is 0. The van der Waals surface area contributed by atoms with E-state index in [1.165, 1.54) is 18.0 Å². The fourth-order valence-corrected chi connectivity index (χ4v) is 0.870. The van der Waals surface area contributed by atoms with E-state index in [1.807, 2.05) is 0 Å². The van der Waals surface area contributed by atoms with Crippen LogP contribution in [0.5, 0.6) is 5.75 Å². The first-order chi connectivity index (χ1) is 5.16. The molecule has 0 amide bonds. The molecule has 5 heteroatoms. The third-order valence-electron chi connectivity index (χ3n) is 1.25. The zero-order valence-corrected chi connectivity index (χ0v) is 6.92. The first kappa shape index (κ1) is 8.07. The Hall–Kier alpha value is -1.03. The molecule has 0 N–H and O–H groups in total. The average Bonchev–Trinajstić information content (AvgIpc) is 1.99. The highest BCUT2D eigenvalue weighted by molar-refractivity contribution is 6.30. The van der Waals surface area contributed by atoms with E-state index in [9.17, 15) is 4.79 Å². The predicted octanol–water partition coefficient (Wildman–Crippen LogP) is 0.442. The van der Waals surface area contributed by atoms with Gasteiger partial charge in [-0.25, -0.2) is 4.98 Å². The van der Waals surface area contributed by atoms with Crippen LogP contribution in [0.3, 0.4) is 0 Å². The van der Waals surface area contributed by atoms with Crippen molar-refractivity contribution in [1.29, 1.82) is 0 Å². The van der Waals surface area contributed by atoms with Crippen molar-refractivity contribution in [2.75, 3.05) is 7.11 Å². The molecule has 1 heterocycles. The molecule has 4 nitrogen and oxygen atoms in total. The Balaban J connectivity index is 3.41. The molecule has 0 aliphatic heterocycles. The van der Waals surface area contributed by atoms with Crippen LogP contribution in [0.2, 0.25) is 5.15 Å². The molecule has 0 saturated carbocycles. The largest absolute Gasteiger partial charge is 0.489 e. The van der Waals surface area contributed by atoms with Crippen LogP contribution < -0.4 is 10.3 Å². The van der Waals surface area contributed by atoms with Crippen LogP contribution in [-0.2, 0) is 7.05 Å². The molecule has 0 unspecified atom stereocenters. The zero-order valence-electron chi connectivity index (χ0n) is 6.17. The predicted molar refractivity (Wildman–Crippen MR) is 41.0 cm³/mol. The Morgan fingerprint density at radius 3 is 2.82 bits per heavy atom. The summed E-state index contributed by atoms with van der Waals surface area (Å²) in [5, 5.41) is 0.0931. The minimum Gasteiger partial charge on any atom is -0.489 e. The van der Waals surface area contributed by atoms with Crippen molar-refractivity contribution in [2.45, 2.75) is 0 Å². The normalized spacial score (nSPS) is 9.73. The fourth-order valence-electron chi connectivity index (χ4n) is 0.668. The Kier molecular flexibility index (Phi) is 2.14. The van der Waals surface area contributed by atoms with Gasteiger partial charge in [-0.2, -0.15) is 0 Å². The van der Waals surface area contributed by atoms with Gasteiger partial charge in [0.1, 0.15) is 0 Å². The summed E-state index contributed by atoms with van der Waals surface area (Å²) in [6, 6.07) is 0. The van der Waals surface area contributed by atoms with Gasteiger partial charge in [0.2, 0.25) is 5.75 Å². The molecule has 0 spiro atoms. The summed E-state index contributed by atoms with van der Waals surface area (Å²) >= 11 is 5.55. The van der Waals surface area contributed by atoms with Crippen LogP contribution in [-0.4, -0.2) is 16.7 Å². The topological polar surface area (TPSA) is 44.1 Å². The highest BCUT2D eigenvalue weighted by Crippen LogP contribution is 2.13. The van der Waals surface area contributed by atoms with Gasteiger partial charge in [0, 0.05) is 7.05 Å². The second-order valence-corrected chi connectivity index (χ2v) is 2.34. The molecule has 0 bridgehead atoms. The SMILES string of the molecule is COc1c(Cl)ncn(C)c1=O. The highest BCUT2D eigenvalue weighted by atomic mass is 35.5. The van der Waals surface area contributed by atoms with Crippen LogP contribution in [0.15, 0.2) is 11.1 Å². The Morgan fingerprint density at radius 2 is 2.36 bits per heavy atom. The van der Waals surface area contributed by atoms with Crippen molar-refractivity contribution >= 4 is 11.6 Å². The van der Waals surface area contributed by atoms with E-state index >= 15 is 0 Å². The Bertz CT molecular complexity index is 321. The molecule has 0 atom stereocenters. The van der Waals surface area contributed by atoms with Crippen LogP contribution in [0, 0.1) is 0 Å². The second kappa shape index (κ2) is 2.92. The van der Waals surface area contributed by atoms with Crippen LogP contribution in [0.1, 0.15) is 0 Å². The van der Waals surface area contributed by atoms with Crippen molar-refractivity contribution in [1.82, 2.24) is 9.55 Å². The molecular weight excluding hydrogens is 168 g/mol. The summed E-state index contributed by atoms with van der Waals surface area (Å²) in [4.78, 5) is 14.8. The summed E-state index contributed by atoms with van der Waals surface area (Å²) in [7, 11) is 2.96. The number of rotatable bonds is 1. The number of methoxy groups -OCH3 is 1. The van der Waals surface area contributed by atoms with Crippen LogP contribution in [0.4, 0.5) is 0 Å². The molecule has 1 aromatic rings. The van der Waals surface area contributed by atoms with Gasteiger partial charge in [-0.05, 0) is 0 Å². The van der Waals surface area contributed by atoms with Gasteiger partial charge in [-0.15, -0.1) is 0 Å². The van der Waals surface area contributed by atoms with E-state index in [1.54, 1.807) is 7.05 Å². The van der Waals surface area contributed by atoms with Crippen molar-refractivity contribution in [3.8, 4) is 5.75 Å². The second-order valence-electron chi connectivity index (χ2n) is 1.98. The molecule has 0 radical (unpaired) electrons. The number of halogens is 1. The van der Waals surface area contributed by atoms with E-state index in [-0.39, 0.29) is 16.5 Å². The lowest BCUT2D eigenvalue weighted by atomic mass is 10.6. The van der Waals surface area contributed by atoms with Crippen molar-refractivity contribution in [3.63, 3.8) is 0 Å². The number of aromatic nitrogens is 2. The maximum absolute atomic E-state index is 11.1. The molecule has 60 valence electrons. The zero-order chi connectivity index (χ0) is 8.43. The third-order valence-corrected chi connectivity index (χ3v) is 1.52. The van der Waals surface area contributed by atoms with Crippen LogP contribution >= 0.6 is 11.6 Å². The van der Waals surface area contributed by atoms with Gasteiger partial charge >= 0.3 is 0 Å². The third kappa shape index (κ3) is 1.35. The van der Waals surface area contributed by atoms with Gasteiger partial charge in [-0.1, -0.05) is 11.6 Å². The average molecular weight is 175 g/mol. The van der Waals surface area contributed by atoms with E-state index in [2.05, 4.69) is 4.98 Å². The first-order valence-electron chi connectivity index (χ1n) is 2.92. The van der Waals surface area contributed by atoms with E-state index < -0.39 is 0 Å². The van der Waals surface area contributed by atoms with Gasteiger partial charge in [0.05, 0.1) is 13.4 Å². The maximum Gasteiger partial charge on any atom is 0.297 e. The standard InChI is InChI=1S/C6H7ClN2O2/c1-9-3-8-5(7)4(11-2)6(9)10/h3H,1-2H3. The lowest BCUT2D eigenvalue weighted by Gasteiger charge is -2.01. The lowest BCUT2D eigenvalue weighted by Crippen LogP contribution is -2.18. The summed E-state index contributed by atoms with van der Waals surface area (Å²) in [5.41, 5.74) is -0.285. The molecule has 1 rings (SSSR count). The fraction of sp³-hybridized carbons (Fsp3) is 0.333. The smallest absolute Gasteiger partial charge is 0.297 e. The van der Waals surface area contributed by atoms with Crippen molar-refractivity contribution < 1.29 is 4.74 Å². The molecule has 11 heavy (non-hydrogen) atoms. The lowest BCUT2D eigenvalue weighted by molar-refractivity contribution is 0.402. The number of nitrogens with zero attached hydrogens (tertiary/aromatic N) is 2. The van der Waals surface area contributed by atoms with Gasteiger partial charge in [0.15, 0.2) is 5.15 Å².